The SMILES string of the molecule is O=C(Nc1ccc(O)cc1F)C1=CCCC1. The molecular formula is C12H12FNO2. The van der Waals surface area contributed by atoms with Gasteiger partial charge in [-0.05, 0) is 31.4 Å². The van der Waals surface area contributed by atoms with Crippen LogP contribution in [0, 0.1) is 5.82 Å². The zero-order chi connectivity index (χ0) is 11.5. The van der Waals surface area contributed by atoms with Crippen molar-refractivity contribution in [2.24, 2.45) is 0 Å². The zero-order valence-corrected chi connectivity index (χ0v) is 8.66. The highest BCUT2D eigenvalue weighted by Crippen LogP contribution is 2.22. The lowest BCUT2D eigenvalue weighted by Gasteiger charge is -2.06. The van der Waals surface area contributed by atoms with E-state index in [4.69, 9.17) is 5.11 Å². The molecule has 84 valence electrons. The fourth-order valence-corrected chi connectivity index (χ4v) is 1.69. The summed E-state index contributed by atoms with van der Waals surface area (Å²) >= 11 is 0. The topological polar surface area (TPSA) is 49.3 Å². The molecule has 0 aliphatic heterocycles. The number of benzene rings is 1. The highest BCUT2D eigenvalue weighted by molar-refractivity contribution is 6.04. The molecule has 0 saturated heterocycles. The molecule has 4 heteroatoms. The molecule has 2 N–H and O–H groups in total. The molecule has 0 radical (unpaired) electrons. The van der Waals surface area contributed by atoms with E-state index in [0.29, 0.717) is 5.57 Å². The fraction of sp³-hybridized carbons (Fsp3) is 0.250. The molecule has 1 aromatic rings. The predicted molar refractivity (Wildman–Crippen MR) is 58.6 cm³/mol. The van der Waals surface area contributed by atoms with Crippen LogP contribution in [0.5, 0.6) is 5.75 Å². The van der Waals surface area contributed by atoms with Crippen LogP contribution in [0.3, 0.4) is 0 Å². The molecule has 0 unspecified atom stereocenters. The molecule has 1 amide bonds. The van der Waals surface area contributed by atoms with Crippen LogP contribution in [0.4, 0.5) is 10.1 Å². The predicted octanol–water partition coefficient (Wildman–Crippen LogP) is 2.58. The number of phenols is 1. The summed E-state index contributed by atoms with van der Waals surface area (Å²) in [4.78, 5) is 11.6. The van der Waals surface area contributed by atoms with E-state index in [9.17, 15) is 9.18 Å². The van der Waals surface area contributed by atoms with Gasteiger partial charge in [-0.3, -0.25) is 4.79 Å². The van der Waals surface area contributed by atoms with Crippen molar-refractivity contribution >= 4 is 11.6 Å². The molecule has 1 aliphatic carbocycles. The van der Waals surface area contributed by atoms with Gasteiger partial charge >= 0.3 is 0 Å². The molecule has 0 saturated carbocycles. The van der Waals surface area contributed by atoms with E-state index in [1.54, 1.807) is 0 Å². The first-order valence-electron chi connectivity index (χ1n) is 5.16. The van der Waals surface area contributed by atoms with Gasteiger partial charge < -0.3 is 10.4 Å². The number of nitrogens with one attached hydrogen (secondary N) is 1. The molecule has 1 aliphatic rings. The first-order valence-corrected chi connectivity index (χ1v) is 5.16. The largest absolute Gasteiger partial charge is 0.508 e. The maximum absolute atomic E-state index is 13.3. The van der Waals surface area contributed by atoms with Crippen LogP contribution in [0.15, 0.2) is 29.8 Å². The number of carbonyl (C=O) groups is 1. The van der Waals surface area contributed by atoms with Crippen molar-refractivity contribution in [2.45, 2.75) is 19.3 Å². The number of amides is 1. The minimum absolute atomic E-state index is 0.0931. The summed E-state index contributed by atoms with van der Waals surface area (Å²) in [5.74, 6) is -1.05. The molecular weight excluding hydrogens is 209 g/mol. The second-order valence-electron chi connectivity index (χ2n) is 3.74. The second kappa shape index (κ2) is 4.35. The number of allylic oxidation sites excluding steroid dienone is 1. The normalized spacial score (nSPS) is 14.7. The number of carbonyl (C=O) groups excluding carboxylic acids is 1. The van der Waals surface area contributed by atoms with Gasteiger partial charge in [0.2, 0.25) is 0 Å². The van der Waals surface area contributed by atoms with E-state index in [2.05, 4.69) is 5.32 Å². The van der Waals surface area contributed by atoms with Crippen LogP contribution < -0.4 is 5.32 Å². The number of phenolic OH excluding ortho intramolecular Hbond substituents is 1. The van der Waals surface area contributed by atoms with Crippen LogP contribution in [-0.4, -0.2) is 11.0 Å². The van der Waals surface area contributed by atoms with E-state index < -0.39 is 5.82 Å². The first kappa shape index (κ1) is 10.7. The van der Waals surface area contributed by atoms with Gasteiger partial charge in [-0.2, -0.15) is 0 Å². The van der Waals surface area contributed by atoms with Crippen LogP contribution in [0.2, 0.25) is 0 Å². The lowest BCUT2D eigenvalue weighted by Crippen LogP contribution is -2.14. The Kier molecular flexibility index (Phi) is 2.90. The van der Waals surface area contributed by atoms with E-state index in [-0.39, 0.29) is 17.3 Å². The average molecular weight is 221 g/mol. The highest BCUT2D eigenvalue weighted by atomic mass is 19.1. The maximum Gasteiger partial charge on any atom is 0.251 e. The quantitative estimate of drug-likeness (QED) is 0.754. The van der Waals surface area contributed by atoms with Gasteiger partial charge in [0, 0.05) is 11.6 Å². The summed E-state index contributed by atoms with van der Waals surface area (Å²) in [6.07, 6.45) is 4.49. The summed E-state index contributed by atoms with van der Waals surface area (Å²) in [5.41, 5.74) is 0.795. The summed E-state index contributed by atoms with van der Waals surface area (Å²) in [6, 6.07) is 3.65. The summed E-state index contributed by atoms with van der Waals surface area (Å²) in [7, 11) is 0. The number of hydrogen-bond donors (Lipinski definition) is 2. The van der Waals surface area contributed by atoms with Gasteiger partial charge in [-0.1, -0.05) is 6.08 Å². The molecule has 0 fully saturated rings. The number of rotatable bonds is 2. The minimum atomic E-state index is -0.632. The van der Waals surface area contributed by atoms with Gasteiger partial charge in [0.05, 0.1) is 5.69 Å². The van der Waals surface area contributed by atoms with Crippen molar-refractivity contribution in [1.82, 2.24) is 0 Å². The van der Waals surface area contributed by atoms with Crippen LogP contribution in [-0.2, 0) is 4.79 Å². The van der Waals surface area contributed by atoms with Crippen LogP contribution in [0.25, 0.3) is 0 Å². The fourth-order valence-electron chi connectivity index (χ4n) is 1.69. The first-order chi connectivity index (χ1) is 7.66. The van der Waals surface area contributed by atoms with Crippen LogP contribution in [0.1, 0.15) is 19.3 Å². The zero-order valence-electron chi connectivity index (χ0n) is 8.66. The molecule has 0 atom stereocenters. The third-order valence-corrected chi connectivity index (χ3v) is 2.53. The molecule has 1 aromatic carbocycles. The third-order valence-electron chi connectivity index (χ3n) is 2.53. The molecule has 0 spiro atoms. The maximum atomic E-state index is 13.3. The Morgan fingerprint density at radius 1 is 1.44 bits per heavy atom. The van der Waals surface area contributed by atoms with Gasteiger partial charge in [-0.15, -0.1) is 0 Å². The Bertz CT molecular complexity index is 454. The second-order valence-corrected chi connectivity index (χ2v) is 3.74. The van der Waals surface area contributed by atoms with Crippen LogP contribution >= 0.6 is 0 Å². The van der Waals surface area contributed by atoms with E-state index in [1.165, 1.54) is 12.1 Å². The standard InChI is InChI=1S/C12H12FNO2/c13-10-7-9(15)5-6-11(10)14-12(16)8-3-1-2-4-8/h3,5-7,15H,1-2,4H2,(H,14,16). The molecule has 2 rings (SSSR count). The van der Waals surface area contributed by atoms with Crippen molar-refractivity contribution in [2.75, 3.05) is 5.32 Å². The lowest BCUT2D eigenvalue weighted by molar-refractivity contribution is -0.112. The molecule has 0 aromatic heterocycles. The molecule has 0 bridgehead atoms. The lowest BCUT2D eigenvalue weighted by atomic mass is 10.2. The number of aromatic hydroxyl groups is 1. The smallest absolute Gasteiger partial charge is 0.251 e. The number of halogens is 1. The molecule has 0 heterocycles. The highest BCUT2D eigenvalue weighted by Gasteiger charge is 2.14. The summed E-state index contributed by atoms with van der Waals surface area (Å²) < 4.78 is 13.3. The van der Waals surface area contributed by atoms with Gasteiger partial charge in [-0.25, -0.2) is 4.39 Å². The van der Waals surface area contributed by atoms with E-state index >= 15 is 0 Å². The average Bonchev–Trinajstić information content (AvgIpc) is 2.75. The van der Waals surface area contributed by atoms with E-state index in [0.717, 1.165) is 25.3 Å². The molecule has 3 nitrogen and oxygen atoms in total. The summed E-state index contributed by atoms with van der Waals surface area (Å²) in [6.45, 7) is 0. The Morgan fingerprint density at radius 3 is 2.88 bits per heavy atom. The Hall–Kier alpha value is -1.84. The molecule has 16 heavy (non-hydrogen) atoms. The van der Waals surface area contributed by atoms with Crippen molar-refractivity contribution in [1.29, 1.82) is 0 Å². The summed E-state index contributed by atoms with van der Waals surface area (Å²) in [5, 5.41) is 11.5. The third kappa shape index (κ3) is 2.21. The Morgan fingerprint density at radius 2 is 2.25 bits per heavy atom. The van der Waals surface area contributed by atoms with Gasteiger partial charge in [0.15, 0.2) is 0 Å². The number of hydrogen-bond acceptors (Lipinski definition) is 2. The van der Waals surface area contributed by atoms with Crippen molar-refractivity contribution in [3.05, 3.63) is 35.7 Å². The Labute approximate surface area is 92.6 Å². The van der Waals surface area contributed by atoms with Crippen molar-refractivity contribution in [3.8, 4) is 5.75 Å². The van der Waals surface area contributed by atoms with Gasteiger partial charge in [0.25, 0.3) is 5.91 Å². The van der Waals surface area contributed by atoms with Crippen molar-refractivity contribution < 1.29 is 14.3 Å². The van der Waals surface area contributed by atoms with Crippen molar-refractivity contribution in [3.63, 3.8) is 0 Å². The number of anilines is 1. The van der Waals surface area contributed by atoms with E-state index in [1.807, 2.05) is 6.08 Å². The minimum Gasteiger partial charge on any atom is -0.508 e. The van der Waals surface area contributed by atoms with Gasteiger partial charge in [0.1, 0.15) is 11.6 Å². The monoisotopic (exact) mass is 221 g/mol. The Balaban J connectivity index is 2.11.